The number of imidazole rings is 1. The topological polar surface area (TPSA) is 61.7 Å². The van der Waals surface area contributed by atoms with Crippen LogP contribution < -0.4 is 4.74 Å². The highest BCUT2D eigenvalue weighted by atomic mass is 16.5. The predicted octanol–water partition coefficient (Wildman–Crippen LogP) is 5.21. The van der Waals surface area contributed by atoms with Gasteiger partial charge in [-0.05, 0) is 41.5 Å². The fraction of sp³-hybridized carbons (Fsp3) is 0.0435. The standard InChI is InChI=1S/C23H17N3O/c24-15-19(23-25-21-8-4-5-9-22(21)26-23)14-17-10-12-20(13-11-17)27-16-18-6-2-1-3-7-18/h1-14H,16H2,(H,25,26). The van der Waals surface area contributed by atoms with E-state index in [9.17, 15) is 5.26 Å². The number of hydrogen-bond acceptors (Lipinski definition) is 3. The molecule has 0 saturated carbocycles. The van der Waals surface area contributed by atoms with Crippen molar-refractivity contribution in [2.45, 2.75) is 6.61 Å². The van der Waals surface area contributed by atoms with Crippen LogP contribution in [0.15, 0.2) is 78.9 Å². The molecule has 27 heavy (non-hydrogen) atoms. The smallest absolute Gasteiger partial charge is 0.149 e. The Labute approximate surface area is 157 Å². The second-order valence-corrected chi connectivity index (χ2v) is 6.12. The Morgan fingerprint density at radius 3 is 2.44 bits per heavy atom. The average molecular weight is 351 g/mol. The third-order valence-corrected chi connectivity index (χ3v) is 4.20. The molecule has 0 amide bonds. The molecule has 0 saturated heterocycles. The van der Waals surface area contributed by atoms with Crippen LogP contribution in [0.3, 0.4) is 0 Å². The van der Waals surface area contributed by atoms with Crippen LogP contribution >= 0.6 is 0 Å². The van der Waals surface area contributed by atoms with Crippen LogP contribution in [0.2, 0.25) is 0 Å². The molecule has 1 aromatic heterocycles. The number of allylic oxidation sites excluding steroid dienone is 1. The van der Waals surface area contributed by atoms with Gasteiger partial charge in [0.25, 0.3) is 0 Å². The third-order valence-electron chi connectivity index (χ3n) is 4.20. The first kappa shape index (κ1) is 16.6. The van der Waals surface area contributed by atoms with Gasteiger partial charge in [-0.1, -0.05) is 54.6 Å². The molecule has 0 aliphatic heterocycles. The number of hydrogen-bond donors (Lipinski definition) is 1. The number of para-hydroxylation sites is 2. The summed E-state index contributed by atoms with van der Waals surface area (Å²) in [6.45, 7) is 0.526. The summed E-state index contributed by atoms with van der Waals surface area (Å²) in [5.41, 5.74) is 4.29. The first-order valence-electron chi connectivity index (χ1n) is 8.65. The van der Waals surface area contributed by atoms with Gasteiger partial charge < -0.3 is 9.72 Å². The third kappa shape index (κ3) is 3.88. The number of nitrogens with zero attached hydrogens (tertiary/aromatic N) is 2. The number of aromatic nitrogens is 2. The first-order chi connectivity index (χ1) is 13.3. The van der Waals surface area contributed by atoms with Gasteiger partial charge in [0.15, 0.2) is 0 Å². The number of fused-ring (bicyclic) bond motifs is 1. The molecule has 1 heterocycles. The highest BCUT2D eigenvalue weighted by Gasteiger charge is 2.07. The van der Waals surface area contributed by atoms with Crippen LogP contribution in [0.1, 0.15) is 17.0 Å². The van der Waals surface area contributed by atoms with E-state index in [4.69, 9.17) is 4.74 Å². The van der Waals surface area contributed by atoms with Crippen LogP contribution in [-0.2, 0) is 6.61 Å². The highest BCUT2D eigenvalue weighted by Crippen LogP contribution is 2.21. The van der Waals surface area contributed by atoms with Crippen molar-refractivity contribution in [2.24, 2.45) is 0 Å². The molecule has 0 bridgehead atoms. The van der Waals surface area contributed by atoms with Crippen LogP contribution in [0.4, 0.5) is 0 Å². The van der Waals surface area contributed by atoms with Crippen molar-refractivity contribution in [3.05, 3.63) is 95.8 Å². The lowest BCUT2D eigenvalue weighted by molar-refractivity contribution is 0.306. The zero-order chi connectivity index (χ0) is 18.5. The molecule has 4 rings (SSSR count). The highest BCUT2D eigenvalue weighted by molar-refractivity contribution is 5.90. The van der Waals surface area contributed by atoms with Crippen LogP contribution in [0.5, 0.6) is 5.75 Å². The van der Waals surface area contributed by atoms with E-state index in [0.29, 0.717) is 18.0 Å². The van der Waals surface area contributed by atoms with Gasteiger partial charge in [-0.25, -0.2) is 4.98 Å². The minimum Gasteiger partial charge on any atom is -0.489 e. The molecular formula is C23H17N3O. The zero-order valence-electron chi connectivity index (χ0n) is 14.6. The van der Waals surface area contributed by atoms with Crippen molar-refractivity contribution in [1.82, 2.24) is 9.97 Å². The Morgan fingerprint density at radius 1 is 0.963 bits per heavy atom. The first-order valence-corrected chi connectivity index (χ1v) is 8.65. The number of aromatic amines is 1. The molecule has 4 nitrogen and oxygen atoms in total. The summed E-state index contributed by atoms with van der Waals surface area (Å²) in [5.74, 6) is 1.36. The van der Waals surface area contributed by atoms with E-state index in [2.05, 4.69) is 16.0 Å². The predicted molar refractivity (Wildman–Crippen MR) is 107 cm³/mol. The van der Waals surface area contributed by atoms with Gasteiger partial charge in [0.2, 0.25) is 0 Å². The summed E-state index contributed by atoms with van der Waals surface area (Å²) in [4.78, 5) is 7.68. The molecule has 0 radical (unpaired) electrons. The maximum Gasteiger partial charge on any atom is 0.149 e. The molecule has 0 unspecified atom stereocenters. The number of ether oxygens (including phenoxy) is 1. The fourth-order valence-electron chi connectivity index (χ4n) is 2.80. The normalized spacial score (nSPS) is 11.3. The van der Waals surface area contributed by atoms with Crippen molar-refractivity contribution in [3.63, 3.8) is 0 Å². The van der Waals surface area contributed by atoms with Gasteiger partial charge in [-0.15, -0.1) is 0 Å². The van der Waals surface area contributed by atoms with Gasteiger partial charge in [-0.3, -0.25) is 0 Å². The maximum atomic E-state index is 9.53. The molecular weight excluding hydrogens is 334 g/mol. The summed E-state index contributed by atoms with van der Waals surface area (Å²) >= 11 is 0. The molecule has 4 aromatic rings. The molecule has 4 heteroatoms. The van der Waals surface area contributed by atoms with E-state index in [1.54, 1.807) is 0 Å². The molecule has 0 atom stereocenters. The van der Waals surface area contributed by atoms with Crippen molar-refractivity contribution < 1.29 is 4.74 Å². The average Bonchev–Trinajstić information content (AvgIpc) is 3.16. The Bertz CT molecular complexity index is 1090. The molecule has 0 aliphatic rings. The molecule has 3 aromatic carbocycles. The lowest BCUT2D eigenvalue weighted by atomic mass is 10.1. The van der Waals surface area contributed by atoms with E-state index >= 15 is 0 Å². The van der Waals surface area contributed by atoms with Crippen LogP contribution in [-0.4, -0.2) is 9.97 Å². The SMILES string of the molecule is N#CC(=Cc1ccc(OCc2ccccc2)cc1)c1nc2ccccc2[nH]1. The summed E-state index contributed by atoms with van der Waals surface area (Å²) in [5, 5.41) is 9.53. The number of rotatable bonds is 5. The van der Waals surface area contributed by atoms with Crippen molar-refractivity contribution in [1.29, 1.82) is 5.26 Å². The van der Waals surface area contributed by atoms with Gasteiger partial charge in [-0.2, -0.15) is 5.26 Å². The van der Waals surface area contributed by atoms with E-state index in [1.165, 1.54) is 0 Å². The Morgan fingerprint density at radius 2 is 1.70 bits per heavy atom. The molecule has 0 spiro atoms. The van der Waals surface area contributed by atoms with E-state index in [0.717, 1.165) is 27.9 Å². The molecule has 1 N–H and O–H groups in total. The molecule has 0 fully saturated rings. The van der Waals surface area contributed by atoms with E-state index < -0.39 is 0 Å². The molecule has 130 valence electrons. The number of H-pyrrole nitrogens is 1. The summed E-state index contributed by atoms with van der Waals surface area (Å²) < 4.78 is 5.80. The maximum absolute atomic E-state index is 9.53. The van der Waals surface area contributed by atoms with Crippen molar-refractivity contribution in [3.8, 4) is 11.8 Å². The van der Waals surface area contributed by atoms with E-state index in [-0.39, 0.29) is 0 Å². The Hall–Kier alpha value is -3.84. The van der Waals surface area contributed by atoms with Gasteiger partial charge in [0.05, 0.1) is 16.6 Å². The fourth-order valence-corrected chi connectivity index (χ4v) is 2.80. The number of nitrogens with one attached hydrogen (secondary N) is 1. The second-order valence-electron chi connectivity index (χ2n) is 6.12. The molecule has 0 aliphatic carbocycles. The van der Waals surface area contributed by atoms with E-state index in [1.807, 2.05) is 84.9 Å². The van der Waals surface area contributed by atoms with Gasteiger partial charge >= 0.3 is 0 Å². The minimum atomic E-state index is 0.490. The lowest BCUT2D eigenvalue weighted by Gasteiger charge is -2.06. The lowest BCUT2D eigenvalue weighted by Crippen LogP contribution is -1.94. The van der Waals surface area contributed by atoms with Crippen molar-refractivity contribution >= 4 is 22.7 Å². The van der Waals surface area contributed by atoms with Crippen LogP contribution in [0.25, 0.3) is 22.7 Å². The summed E-state index contributed by atoms with van der Waals surface area (Å²) in [6.07, 6.45) is 1.82. The van der Waals surface area contributed by atoms with Gasteiger partial charge in [0.1, 0.15) is 24.3 Å². The van der Waals surface area contributed by atoms with Crippen molar-refractivity contribution in [2.75, 3.05) is 0 Å². The monoisotopic (exact) mass is 351 g/mol. The minimum absolute atomic E-state index is 0.490. The Balaban J connectivity index is 1.51. The Kier molecular flexibility index (Phi) is 4.67. The summed E-state index contributed by atoms with van der Waals surface area (Å²) in [6, 6.07) is 27.7. The zero-order valence-corrected chi connectivity index (χ0v) is 14.6. The van der Waals surface area contributed by atoms with Crippen LogP contribution in [0, 0.1) is 11.3 Å². The number of benzene rings is 3. The van der Waals surface area contributed by atoms with Gasteiger partial charge in [0, 0.05) is 0 Å². The quantitative estimate of drug-likeness (QED) is 0.502. The second kappa shape index (κ2) is 7.59. The largest absolute Gasteiger partial charge is 0.489 e. The number of nitriles is 1. The summed E-state index contributed by atoms with van der Waals surface area (Å²) in [7, 11) is 0.